The van der Waals surface area contributed by atoms with Gasteiger partial charge in [0.25, 0.3) is 0 Å². The molecule has 2 heteroatoms. The average Bonchev–Trinajstić information content (AvgIpc) is 2.54. The number of ether oxygens (including phenoxy) is 1. The summed E-state index contributed by atoms with van der Waals surface area (Å²) in [5, 5.41) is 9.40. The first-order chi connectivity index (χ1) is 6.33. The summed E-state index contributed by atoms with van der Waals surface area (Å²) in [4.78, 5) is 0. The van der Waals surface area contributed by atoms with E-state index in [1.54, 1.807) is 0 Å². The average molecular weight is 182 g/mol. The fraction of sp³-hybridized carbons (Fsp3) is 1.00. The Morgan fingerprint density at radius 2 is 2.00 bits per heavy atom. The molecule has 1 saturated heterocycles. The molecule has 74 valence electrons. The second-order valence-corrected chi connectivity index (χ2v) is 5.07. The van der Waals surface area contributed by atoms with Gasteiger partial charge in [-0.2, -0.15) is 0 Å². The molecule has 4 bridgehead atoms. The SMILES string of the molecule is C[C@@H]1[C@@H]2CC[C@H]3[C@H](CO[C@@H]13)[C@H]2CO. The predicted molar refractivity (Wildman–Crippen MR) is 49.2 cm³/mol. The minimum Gasteiger partial charge on any atom is -0.396 e. The van der Waals surface area contributed by atoms with Crippen LogP contribution in [0.15, 0.2) is 0 Å². The van der Waals surface area contributed by atoms with E-state index >= 15 is 0 Å². The van der Waals surface area contributed by atoms with Crippen molar-refractivity contribution in [3.63, 3.8) is 0 Å². The summed E-state index contributed by atoms with van der Waals surface area (Å²) in [5.41, 5.74) is 0. The Labute approximate surface area is 79.3 Å². The standard InChI is InChI=1S/C11H18O2/c1-6-7-2-3-8-10(9(7)4-12)5-13-11(6)8/h6-12H,2-5H2,1H3/t6-,7+,8+,9+,10+,11+/m1/s1. The molecule has 4 aliphatic rings. The molecule has 0 aromatic heterocycles. The van der Waals surface area contributed by atoms with E-state index in [1.165, 1.54) is 12.8 Å². The van der Waals surface area contributed by atoms with Gasteiger partial charge in [-0.1, -0.05) is 6.92 Å². The van der Waals surface area contributed by atoms with Crippen molar-refractivity contribution in [3.8, 4) is 0 Å². The van der Waals surface area contributed by atoms with E-state index in [-0.39, 0.29) is 0 Å². The van der Waals surface area contributed by atoms with Crippen molar-refractivity contribution in [2.75, 3.05) is 13.2 Å². The molecule has 1 heterocycles. The largest absolute Gasteiger partial charge is 0.396 e. The first-order valence-electron chi connectivity index (χ1n) is 5.55. The third-order valence-corrected chi connectivity index (χ3v) is 4.79. The maximum absolute atomic E-state index is 9.40. The Kier molecular flexibility index (Phi) is 1.72. The van der Waals surface area contributed by atoms with Crippen LogP contribution < -0.4 is 0 Å². The predicted octanol–water partition coefficient (Wildman–Crippen LogP) is 1.29. The van der Waals surface area contributed by atoms with Gasteiger partial charge < -0.3 is 9.84 Å². The summed E-state index contributed by atoms with van der Waals surface area (Å²) >= 11 is 0. The molecule has 1 N–H and O–H groups in total. The van der Waals surface area contributed by atoms with Gasteiger partial charge >= 0.3 is 0 Å². The Morgan fingerprint density at radius 1 is 1.23 bits per heavy atom. The molecule has 4 fully saturated rings. The van der Waals surface area contributed by atoms with Crippen molar-refractivity contribution in [2.45, 2.75) is 25.9 Å². The maximum Gasteiger partial charge on any atom is 0.0635 e. The van der Waals surface area contributed by atoms with E-state index in [0.717, 1.165) is 18.4 Å². The smallest absolute Gasteiger partial charge is 0.0635 e. The zero-order valence-corrected chi connectivity index (χ0v) is 8.15. The number of aliphatic hydroxyl groups is 1. The summed E-state index contributed by atoms with van der Waals surface area (Å²) in [6, 6.07) is 0. The molecule has 0 amide bonds. The first-order valence-corrected chi connectivity index (χ1v) is 5.55. The lowest BCUT2D eigenvalue weighted by Gasteiger charge is -2.49. The van der Waals surface area contributed by atoms with Gasteiger partial charge in [0.15, 0.2) is 0 Å². The number of hydrogen-bond donors (Lipinski definition) is 1. The van der Waals surface area contributed by atoms with E-state index in [4.69, 9.17) is 4.74 Å². The highest BCUT2D eigenvalue weighted by atomic mass is 16.5. The Balaban J connectivity index is 1.95. The molecule has 4 rings (SSSR count). The van der Waals surface area contributed by atoms with Crippen molar-refractivity contribution in [2.24, 2.45) is 29.6 Å². The van der Waals surface area contributed by atoms with Gasteiger partial charge in [-0.25, -0.2) is 0 Å². The normalized spacial score (nSPS) is 58.6. The van der Waals surface area contributed by atoms with Crippen LogP contribution in [0.2, 0.25) is 0 Å². The molecule has 2 nitrogen and oxygen atoms in total. The molecule has 0 spiro atoms. The number of rotatable bonds is 1. The van der Waals surface area contributed by atoms with Crippen molar-refractivity contribution in [3.05, 3.63) is 0 Å². The van der Waals surface area contributed by atoms with Gasteiger partial charge in [-0.15, -0.1) is 0 Å². The summed E-state index contributed by atoms with van der Waals surface area (Å²) in [6.45, 7) is 3.61. The second-order valence-electron chi connectivity index (χ2n) is 5.07. The summed E-state index contributed by atoms with van der Waals surface area (Å²) in [6.07, 6.45) is 3.21. The van der Waals surface area contributed by atoms with Gasteiger partial charge in [-0.05, 0) is 42.4 Å². The van der Waals surface area contributed by atoms with Crippen LogP contribution in [-0.2, 0) is 4.74 Å². The molecule has 1 aliphatic heterocycles. The molecule has 0 aromatic rings. The molecule has 6 atom stereocenters. The molecule has 3 saturated carbocycles. The van der Waals surface area contributed by atoms with E-state index in [2.05, 4.69) is 6.92 Å². The van der Waals surface area contributed by atoms with E-state index in [0.29, 0.717) is 30.5 Å². The highest BCUT2D eigenvalue weighted by molar-refractivity contribution is 5.03. The first kappa shape index (κ1) is 8.25. The second kappa shape index (κ2) is 2.71. The van der Waals surface area contributed by atoms with Gasteiger partial charge in [0.2, 0.25) is 0 Å². The highest BCUT2D eigenvalue weighted by Gasteiger charge is 2.56. The molecular formula is C11H18O2. The Hall–Kier alpha value is -0.0800. The van der Waals surface area contributed by atoms with E-state index in [9.17, 15) is 5.11 Å². The molecule has 0 radical (unpaired) electrons. The summed E-state index contributed by atoms with van der Waals surface area (Å²) < 4.78 is 5.84. The highest BCUT2D eigenvalue weighted by Crippen LogP contribution is 2.56. The van der Waals surface area contributed by atoms with Crippen LogP contribution in [0.1, 0.15) is 19.8 Å². The third kappa shape index (κ3) is 0.909. The number of hydrogen-bond acceptors (Lipinski definition) is 2. The molecule has 0 unspecified atom stereocenters. The van der Waals surface area contributed by atoms with Gasteiger partial charge in [0, 0.05) is 6.61 Å². The quantitative estimate of drug-likeness (QED) is 0.662. The summed E-state index contributed by atoms with van der Waals surface area (Å²) in [7, 11) is 0. The van der Waals surface area contributed by atoms with Crippen LogP contribution in [0.3, 0.4) is 0 Å². The molecule has 3 aliphatic carbocycles. The zero-order chi connectivity index (χ0) is 9.00. The number of fused-ring (bicyclic) bond motifs is 1. The monoisotopic (exact) mass is 182 g/mol. The zero-order valence-electron chi connectivity index (χ0n) is 8.15. The van der Waals surface area contributed by atoms with Crippen LogP contribution in [0.5, 0.6) is 0 Å². The molecular weight excluding hydrogens is 164 g/mol. The molecule has 13 heavy (non-hydrogen) atoms. The third-order valence-electron chi connectivity index (χ3n) is 4.79. The van der Waals surface area contributed by atoms with Gasteiger partial charge in [0.1, 0.15) is 0 Å². The van der Waals surface area contributed by atoms with Gasteiger partial charge in [-0.3, -0.25) is 0 Å². The van der Waals surface area contributed by atoms with Crippen LogP contribution in [-0.4, -0.2) is 24.4 Å². The fourth-order valence-electron chi connectivity index (χ4n) is 4.16. The Bertz CT molecular complexity index is 216. The van der Waals surface area contributed by atoms with Crippen LogP contribution in [0.25, 0.3) is 0 Å². The van der Waals surface area contributed by atoms with Crippen molar-refractivity contribution < 1.29 is 9.84 Å². The van der Waals surface area contributed by atoms with Crippen molar-refractivity contribution in [1.29, 1.82) is 0 Å². The van der Waals surface area contributed by atoms with Crippen LogP contribution in [0.4, 0.5) is 0 Å². The van der Waals surface area contributed by atoms with Gasteiger partial charge in [0.05, 0.1) is 12.7 Å². The fourth-order valence-corrected chi connectivity index (χ4v) is 4.16. The van der Waals surface area contributed by atoms with E-state index < -0.39 is 0 Å². The lowest BCUT2D eigenvalue weighted by molar-refractivity contribution is -0.0597. The maximum atomic E-state index is 9.40. The lowest BCUT2D eigenvalue weighted by Crippen LogP contribution is -2.49. The van der Waals surface area contributed by atoms with Crippen LogP contribution in [0, 0.1) is 29.6 Å². The van der Waals surface area contributed by atoms with Crippen LogP contribution >= 0.6 is 0 Å². The van der Waals surface area contributed by atoms with Crippen molar-refractivity contribution >= 4 is 0 Å². The van der Waals surface area contributed by atoms with Crippen molar-refractivity contribution in [1.82, 2.24) is 0 Å². The van der Waals surface area contributed by atoms with E-state index in [1.807, 2.05) is 0 Å². The topological polar surface area (TPSA) is 29.5 Å². The summed E-state index contributed by atoms with van der Waals surface area (Å²) in [5.74, 6) is 3.44. The molecule has 0 aromatic carbocycles. The minimum atomic E-state index is 0.381. The number of aliphatic hydroxyl groups excluding tert-OH is 1. The lowest BCUT2D eigenvalue weighted by atomic mass is 9.55. The minimum absolute atomic E-state index is 0.381. The Morgan fingerprint density at radius 3 is 2.77 bits per heavy atom.